The van der Waals surface area contributed by atoms with Gasteiger partial charge in [-0.25, -0.2) is 0 Å². The van der Waals surface area contributed by atoms with Gasteiger partial charge in [-0.2, -0.15) is 4.98 Å². The molecule has 1 atom stereocenters. The van der Waals surface area contributed by atoms with Gasteiger partial charge in [0.1, 0.15) is 5.92 Å². The second-order valence-corrected chi connectivity index (χ2v) is 7.77. The summed E-state index contributed by atoms with van der Waals surface area (Å²) in [6.45, 7) is 5.03. The van der Waals surface area contributed by atoms with Crippen molar-refractivity contribution in [3.8, 4) is 11.5 Å². The highest BCUT2D eigenvalue weighted by atomic mass is 16.5. The third-order valence-electron chi connectivity index (χ3n) is 5.57. The molecule has 1 aromatic heterocycles. The first-order valence-corrected chi connectivity index (χ1v) is 10.6. The Morgan fingerprint density at radius 1 is 1.16 bits per heavy atom. The molecule has 3 aromatic rings. The first-order valence-electron chi connectivity index (χ1n) is 10.6. The number of amides is 2. The summed E-state index contributed by atoms with van der Waals surface area (Å²) in [5.74, 6) is 0.249. The van der Waals surface area contributed by atoms with Gasteiger partial charge in [0, 0.05) is 30.8 Å². The van der Waals surface area contributed by atoms with Gasteiger partial charge in [0.15, 0.2) is 5.82 Å². The van der Waals surface area contributed by atoms with Crippen LogP contribution in [0, 0.1) is 12.8 Å². The molecule has 2 aromatic carbocycles. The minimum absolute atomic E-state index is 0.128. The average Bonchev–Trinajstić information content (AvgIpc) is 3.42. The van der Waals surface area contributed by atoms with E-state index >= 15 is 0 Å². The number of aryl methyl sites for hydroxylation is 2. The molecule has 0 aliphatic carbocycles. The molecule has 7 nitrogen and oxygen atoms in total. The monoisotopic (exact) mass is 418 g/mol. The van der Waals surface area contributed by atoms with E-state index in [1.165, 1.54) is 0 Å². The Kier molecular flexibility index (Phi) is 6.11. The second kappa shape index (κ2) is 9.12. The van der Waals surface area contributed by atoms with Crippen molar-refractivity contribution >= 4 is 17.5 Å². The van der Waals surface area contributed by atoms with Crippen molar-refractivity contribution in [1.29, 1.82) is 0 Å². The fraction of sp³-hybridized carbons (Fsp3) is 0.333. The van der Waals surface area contributed by atoms with Gasteiger partial charge in [0.05, 0.1) is 0 Å². The summed E-state index contributed by atoms with van der Waals surface area (Å²) in [6, 6.07) is 15.6. The SMILES string of the molecule is CCc1noc(-c2ccc(CCNC(=O)C3CCN(c4ccc(C)cc4)C3=O)cc2)n1. The van der Waals surface area contributed by atoms with Crippen molar-refractivity contribution in [2.24, 2.45) is 5.92 Å². The predicted octanol–water partition coefficient (Wildman–Crippen LogP) is 3.32. The third kappa shape index (κ3) is 4.66. The van der Waals surface area contributed by atoms with Gasteiger partial charge in [0.25, 0.3) is 5.89 Å². The maximum Gasteiger partial charge on any atom is 0.257 e. The molecule has 1 fully saturated rings. The number of hydrogen-bond acceptors (Lipinski definition) is 5. The van der Waals surface area contributed by atoms with Crippen LogP contribution < -0.4 is 10.2 Å². The van der Waals surface area contributed by atoms with Crippen LogP contribution >= 0.6 is 0 Å². The Bertz CT molecular complexity index is 1060. The van der Waals surface area contributed by atoms with E-state index < -0.39 is 5.92 Å². The molecular formula is C24H26N4O3. The predicted molar refractivity (Wildman–Crippen MR) is 117 cm³/mol. The molecule has 2 heterocycles. The Labute approximate surface area is 181 Å². The first-order chi connectivity index (χ1) is 15.0. The second-order valence-electron chi connectivity index (χ2n) is 7.77. The van der Waals surface area contributed by atoms with Crippen LogP contribution in [0.4, 0.5) is 5.69 Å². The Balaban J connectivity index is 1.28. The van der Waals surface area contributed by atoms with E-state index in [9.17, 15) is 9.59 Å². The molecule has 1 aliphatic heterocycles. The van der Waals surface area contributed by atoms with E-state index in [-0.39, 0.29) is 11.8 Å². The molecule has 1 saturated heterocycles. The molecule has 0 radical (unpaired) electrons. The molecular weight excluding hydrogens is 392 g/mol. The van der Waals surface area contributed by atoms with Crippen LogP contribution in [0.3, 0.4) is 0 Å². The van der Waals surface area contributed by atoms with Gasteiger partial charge in [-0.1, -0.05) is 41.9 Å². The van der Waals surface area contributed by atoms with Crippen LogP contribution in [-0.4, -0.2) is 35.0 Å². The number of carbonyl (C=O) groups excluding carboxylic acids is 2. The highest BCUT2D eigenvalue weighted by Gasteiger charge is 2.37. The number of aromatic nitrogens is 2. The number of carbonyl (C=O) groups is 2. The summed E-state index contributed by atoms with van der Waals surface area (Å²) in [4.78, 5) is 31.3. The minimum atomic E-state index is -0.617. The largest absolute Gasteiger partial charge is 0.355 e. The summed E-state index contributed by atoms with van der Waals surface area (Å²) in [7, 11) is 0. The number of rotatable bonds is 7. The van der Waals surface area contributed by atoms with Crippen LogP contribution in [0.5, 0.6) is 0 Å². The van der Waals surface area contributed by atoms with Crippen molar-refractivity contribution < 1.29 is 14.1 Å². The maximum absolute atomic E-state index is 12.7. The Morgan fingerprint density at radius 3 is 2.58 bits per heavy atom. The zero-order chi connectivity index (χ0) is 21.8. The van der Waals surface area contributed by atoms with Crippen molar-refractivity contribution in [2.75, 3.05) is 18.0 Å². The fourth-order valence-electron chi connectivity index (χ4n) is 3.69. The van der Waals surface area contributed by atoms with E-state index in [0.717, 1.165) is 28.8 Å². The standard InChI is InChI=1S/C24H26N4O3/c1-3-21-26-23(31-27-21)18-8-6-17(7-9-18)12-14-25-22(29)20-13-15-28(24(20)30)19-10-4-16(2)5-11-19/h4-11,20H,3,12-15H2,1-2H3,(H,25,29). The first kappa shape index (κ1) is 20.8. The molecule has 1 unspecified atom stereocenters. The average molecular weight is 418 g/mol. The van der Waals surface area contributed by atoms with Crippen molar-refractivity contribution in [3.63, 3.8) is 0 Å². The lowest BCUT2D eigenvalue weighted by Gasteiger charge is -2.17. The van der Waals surface area contributed by atoms with Crippen LogP contribution in [0.15, 0.2) is 53.1 Å². The lowest BCUT2D eigenvalue weighted by molar-refractivity contribution is -0.132. The molecule has 0 bridgehead atoms. The number of hydrogen-bond donors (Lipinski definition) is 1. The lowest BCUT2D eigenvalue weighted by Crippen LogP contribution is -2.37. The number of anilines is 1. The Morgan fingerprint density at radius 2 is 1.90 bits per heavy atom. The smallest absolute Gasteiger partial charge is 0.257 e. The Hall–Kier alpha value is -3.48. The van der Waals surface area contributed by atoms with Crippen molar-refractivity contribution in [3.05, 3.63) is 65.5 Å². The molecule has 7 heteroatoms. The van der Waals surface area contributed by atoms with Gasteiger partial charge in [0.2, 0.25) is 11.8 Å². The van der Waals surface area contributed by atoms with Gasteiger partial charge in [-0.05, 0) is 49.6 Å². The fourth-order valence-corrected chi connectivity index (χ4v) is 3.69. The van der Waals surface area contributed by atoms with Gasteiger partial charge < -0.3 is 14.7 Å². The summed E-state index contributed by atoms with van der Waals surface area (Å²) < 4.78 is 5.25. The molecule has 1 N–H and O–H groups in total. The molecule has 0 spiro atoms. The van der Waals surface area contributed by atoms with Gasteiger partial charge in [-0.15, -0.1) is 0 Å². The molecule has 2 amide bonds. The summed E-state index contributed by atoms with van der Waals surface area (Å²) >= 11 is 0. The maximum atomic E-state index is 12.7. The normalized spacial score (nSPS) is 16.0. The number of benzene rings is 2. The molecule has 4 rings (SSSR count). The van der Waals surface area contributed by atoms with E-state index in [1.807, 2.05) is 62.4 Å². The highest BCUT2D eigenvalue weighted by Crippen LogP contribution is 2.25. The van der Waals surface area contributed by atoms with Crippen LogP contribution in [0.1, 0.15) is 30.3 Å². The van der Waals surface area contributed by atoms with E-state index in [4.69, 9.17) is 4.52 Å². The quantitative estimate of drug-likeness (QED) is 0.595. The summed E-state index contributed by atoms with van der Waals surface area (Å²) in [6.07, 6.45) is 1.95. The summed E-state index contributed by atoms with van der Waals surface area (Å²) in [5, 5.41) is 6.82. The number of nitrogens with one attached hydrogen (secondary N) is 1. The van der Waals surface area contributed by atoms with Crippen molar-refractivity contribution in [2.45, 2.75) is 33.1 Å². The molecule has 160 valence electrons. The van der Waals surface area contributed by atoms with E-state index in [0.29, 0.717) is 37.6 Å². The van der Waals surface area contributed by atoms with Crippen molar-refractivity contribution in [1.82, 2.24) is 15.5 Å². The summed E-state index contributed by atoms with van der Waals surface area (Å²) in [5.41, 5.74) is 3.94. The van der Waals surface area contributed by atoms with Crippen LogP contribution in [0.2, 0.25) is 0 Å². The van der Waals surface area contributed by atoms with Crippen LogP contribution in [-0.2, 0) is 22.4 Å². The van der Waals surface area contributed by atoms with Gasteiger partial charge >= 0.3 is 0 Å². The molecule has 31 heavy (non-hydrogen) atoms. The highest BCUT2D eigenvalue weighted by molar-refractivity contribution is 6.09. The van der Waals surface area contributed by atoms with Gasteiger partial charge in [-0.3, -0.25) is 9.59 Å². The zero-order valence-electron chi connectivity index (χ0n) is 17.8. The minimum Gasteiger partial charge on any atom is -0.355 e. The molecule has 1 aliphatic rings. The van der Waals surface area contributed by atoms with Crippen LogP contribution in [0.25, 0.3) is 11.5 Å². The molecule has 0 saturated carbocycles. The third-order valence-corrected chi connectivity index (χ3v) is 5.57. The number of nitrogens with zero attached hydrogens (tertiary/aromatic N) is 3. The lowest BCUT2D eigenvalue weighted by atomic mass is 10.1. The topological polar surface area (TPSA) is 88.3 Å². The van der Waals surface area contributed by atoms with E-state index in [2.05, 4.69) is 15.5 Å². The van der Waals surface area contributed by atoms with E-state index in [1.54, 1.807) is 4.90 Å². The zero-order valence-corrected chi connectivity index (χ0v) is 17.8.